The molecular weight excluding hydrogens is 341 g/mol. The number of amides is 2. The van der Waals surface area contributed by atoms with Crippen molar-refractivity contribution in [2.24, 2.45) is 0 Å². The van der Waals surface area contributed by atoms with E-state index >= 15 is 0 Å². The van der Waals surface area contributed by atoms with Crippen LogP contribution in [0.5, 0.6) is 0 Å². The van der Waals surface area contributed by atoms with Gasteiger partial charge < -0.3 is 15.1 Å². The van der Waals surface area contributed by atoms with Crippen LogP contribution in [0.3, 0.4) is 0 Å². The second-order valence-electron chi connectivity index (χ2n) is 5.76. The first-order chi connectivity index (χ1) is 12.1. The second kappa shape index (κ2) is 8.03. The molecule has 0 atom stereocenters. The summed E-state index contributed by atoms with van der Waals surface area (Å²) >= 11 is 6.03. The standard InChI is InChI=1S/C19H19ClFN3O/c20-16-5-3-6-17(14-16)23-10-12-24(13-11-23)19(25)22-9-8-15-4-1-2-7-18(15)21/h1-9,14H,10-13H2,(H,22,25)/b9-8+. The Morgan fingerprint density at radius 2 is 1.84 bits per heavy atom. The predicted molar refractivity (Wildman–Crippen MR) is 99.2 cm³/mol. The molecule has 1 aliphatic heterocycles. The number of piperazine rings is 1. The molecule has 1 fully saturated rings. The van der Waals surface area contributed by atoms with Gasteiger partial charge in [-0.05, 0) is 30.3 Å². The minimum absolute atomic E-state index is 0.182. The molecule has 0 radical (unpaired) electrons. The number of carbonyl (C=O) groups is 1. The molecular formula is C19H19ClFN3O. The number of nitrogens with one attached hydrogen (secondary N) is 1. The molecule has 1 aliphatic rings. The quantitative estimate of drug-likeness (QED) is 0.899. The predicted octanol–water partition coefficient (Wildman–Crippen LogP) is 3.98. The lowest BCUT2D eigenvalue weighted by Crippen LogP contribution is -2.51. The fourth-order valence-corrected chi connectivity index (χ4v) is 2.93. The van der Waals surface area contributed by atoms with Crippen LogP contribution in [0.4, 0.5) is 14.9 Å². The Kier molecular flexibility index (Phi) is 5.56. The Morgan fingerprint density at radius 3 is 2.56 bits per heavy atom. The van der Waals surface area contributed by atoms with E-state index in [0.29, 0.717) is 23.7 Å². The van der Waals surface area contributed by atoms with Gasteiger partial charge >= 0.3 is 6.03 Å². The molecule has 0 saturated carbocycles. The van der Waals surface area contributed by atoms with Crippen LogP contribution in [-0.4, -0.2) is 37.1 Å². The first-order valence-electron chi connectivity index (χ1n) is 8.10. The number of nitrogens with zero attached hydrogens (tertiary/aromatic N) is 2. The van der Waals surface area contributed by atoms with Gasteiger partial charge in [0.2, 0.25) is 0 Å². The molecule has 2 amide bonds. The first-order valence-corrected chi connectivity index (χ1v) is 8.48. The summed E-state index contributed by atoms with van der Waals surface area (Å²) in [5, 5.41) is 3.40. The van der Waals surface area contributed by atoms with Crippen LogP contribution >= 0.6 is 11.6 Å². The lowest BCUT2D eigenvalue weighted by Gasteiger charge is -2.35. The third-order valence-corrected chi connectivity index (χ3v) is 4.35. The maximum absolute atomic E-state index is 13.5. The number of urea groups is 1. The van der Waals surface area contributed by atoms with Gasteiger partial charge in [-0.15, -0.1) is 0 Å². The van der Waals surface area contributed by atoms with Gasteiger partial charge in [-0.3, -0.25) is 0 Å². The van der Waals surface area contributed by atoms with Gasteiger partial charge in [0.25, 0.3) is 0 Å². The van der Waals surface area contributed by atoms with Crippen molar-refractivity contribution in [3.63, 3.8) is 0 Å². The molecule has 0 aromatic heterocycles. The van der Waals surface area contributed by atoms with Gasteiger partial charge in [0, 0.05) is 48.7 Å². The van der Waals surface area contributed by atoms with E-state index in [0.717, 1.165) is 18.8 Å². The van der Waals surface area contributed by atoms with Crippen LogP contribution in [0.25, 0.3) is 6.08 Å². The Hall–Kier alpha value is -2.53. The van der Waals surface area contributed by atoms with Crippen molar-refractivity contribution in [2.45, 2.75) is 0 Å². The maximum Gasteiger partial charge on any atom is 0.321 e. The van der Waals surface area contributed by atoms with Crippen LogP contribution < -0.4 is 10.2 Å². The van der Waals surface area contributed by atoms with Gasteiger partial charge in [0.1, 0.15) is 5.82 Å². The zero-order valence-electron chi connectivity index (χ0n) is 13.7. The fraction of sp³-hybridized carbons (Fsp3) is 0.211. The normalized spacial score (nSPS) is 14.8. The summed E-state index contributed by atoms with van der Waals surface area (Å²) in [6, 6.07) is 13.9. The molecule has 4 nitrogen and oxygen atoms in total. The summed E-state index contributed by atoms with van der Waals surface area (Å²) in [4.78, 5) is 16.1. The van der Waals surface area contributed by atoms with Gasteiger partial charge in [0.15, 0.2) is 0 Å². The average Bonchev–Trinajstić information content (AvgIpc) is 2.63. The van der Waals surface area contributed by atoms with E-state index in [9.17, 15) is 9.18 Å². The Morgan fingerprint density at radius 1 is 1.08 bits per heavy atom. The molecule has 0 aliphatic carbocycles. The van der Waals surface area contributed by atoms with E-state index in [2.05, 4.69) is 10.2 Å². The minimum Gasteiger partial charge on any atom is -0.368 e. The highest BCUT2D eigenvalue weighted by atomic mass is 35.5. The third kappa shape index (κ3) is 4.51. The van der Waals surface area contributed by atoms with Crippen molar-refractivity contribution in [2.75, 3.05) is 31.1 Å². The number of anilines is 1. The molecule has 2 aromatic carbocycles. The molecule has 0 spiro atoms. The zero-order valence-corrected chi connectivity index (χ0v) is 14.4. The fourth-order valence-electron chi connectivity index (χ4n) is 2.74. The molecule has 25 heavy (non-hydrogen) atoms. The van der Waals surface area contributed by atoms with Crippen LogP contribution in [0.1, 0.15) is 5.56 Å². The van der Waals surface area contributed by atoms with Gasteiger partial charge in [-0.25, -0.2) is 9.18 Å². The minimum atomic E-state index is -0.317. The van der Waals surface area contributed by atoms with Gasteiger partial charge in [-0.1, -0.05) is 35.9 Å². The largest absolute Gasteiger partial charge is 0.368 e. The summed E-state index contributed by atoms with van der Waals surface area (Å²) in [5.74, 6) is -0.317. The number of halogens is 2. The molecule has 0 unspecified atom stereocenters. The molecule has 2 aromatic rings. The third-order valence-electron chi connectivity index (χ3n) is 4.12. The maximum atomic E-state index is 13.5. The number of hydrogen-bond donors (Lipinski definition) is 1. The highest BCUT2D eigenvalue weighted by Gasteiger charge is 2.20. The van der Waals surface area contributed by atoms with E-state index in [-0.39, 0.29) is 11.8 Å². The number of carbonyl (C=O) groups excluding carboxylic acids is 1. The highest BCUT2D eigenvalue weighted by molar-refractivity contribution is 6.30. The molecule has 1 saturated heterocycles. The molecule has 3 rings (SSSR count). The SMILES string of the molecule is O=C(N/C=C/c1ccccc1F)N1CCN(c2cccc(Cl)c2)CC1. The highest BCUT2D eigenvalue weighted by Crippen LogP contribution is 2.20. The number of rotatable bonds is 3. The second-order valence-corrected chi connectivity index (χ2v) is 6.19. The van der Waals surface area contributed by atoms with E-state index < -0.39 is 0 Å². The lowest BCUT2D eigenvalue weighted by molar-refractivity contribution is 0.198. The van der Waals surface area contributed by atoms with E-state index in [4.69, 9.17) is 11.6 Å². The van der Waals surface area contributed by atoms with E-state index in [1.165, 1.54) is 12.3 Å². The van der Waals surface area contributed by atoms with Crippen molar-refractivity contribution in [1.82, 2.24) is 10.2 Å². The van der Waals surface area contributed by atoms with Crippen LogP contribution in [0, 0.1) is 5.82 Å². The smallest absolute Gasteiger partial charge is 0.321 e. The van der Waals surface area contributed by atoms with E-state index in [1.54, 1.807) is 29.2 Å². The first kappa shape index (κ1) is 17.3. The lowest BCUT2D eigenvalue weighted by atomic mass is 10.2. The monoisotopic (exact) mass is 359 g/mol. The molecule has 1 heterocycles. The van der Waals surface area contributed by atoms with Crippen LogP contribution in [0.15, 0.2) is 54.7 Å². The van der Waals surface area contributed by atoms with Crippen LogP contribution in [0.2, 0.25) is 5.02 Å². The topological polar surface area (TPSA) is 35.6 Å². The molecule has 1 N–H and O–H groups in total. The summed E-state index contributed by atoms with van der Waals surface area (Å²) < 4.78 is 13.5. The number of benzene rings is 2. The van der Waals surface area contributed by atoms with E-state index in [1.807, 2.05) is 24.3 Å². The van der Waals surface area contributed by atoms with Gasteiger partial charge in [0.05, 0.1) is 0 Å². The van der Waals surface area contributed by atoms with Crippen molar-refractivity contribution in [3.05, 3.63) is 71.1 Å². The van der Waals surface area contributed by atoms with Crippen molar-refractivity contribution < 1.29 is 9.18 Å². The Balaban J connectivity index is 1.51. The van der Waals surface area contributed by atoms with Crippen molar-refractivity contribution in [1.29, 1.82) is 0 Å². The zero-order chi connectivity index (χ0) is 17.6. The molecule has 6 heteroatoms. The number of hydrogen-bond acceptors (Lipinski definition) is 2. The molecule has 0 bridgehead atoms. The van der Waals surface area contributed by atoms with Gasteiger partial charge in [-0.2, -0.15) is 0 Å². The average molecular weight is 360 g/mol. The summed E-state index contributed by atoms with van der Waals surface area (Å²) in [6.07, 6.45) is 3.03. The summed E-state index contributed by atoms with van der Waals surface area (Å²) in [6.45, 7) is 2.72. The van der Waals surface area contributed by atoms with Crippen LogP contribution in [-0.2, 0) is 0 Å². The summed E-state index contributed by atoms with van der Waals surface area (Å²) in [7, 11) is 0. The van der Waals surface area contributed by atoms with Crippen molar-refractivity contribution in [3.8, 4) is 0 Å². The Bertz CT molecular complexity index is 773. The van der Waals surface area contributed by atoms with Crippen molar-refractivity contribution >= 4 is 29.4 Å². The summed E-state index contributed by atoms with van der Waals surface area (Å²) in [5.41, 5.74) is 1.50. The Labute approximate surface area is 151 Å². The molecule has 130 valence electrons.